The molecule has 0 nitrogen and oxygen atoms in total. The molecule has 0 aromatic heterocycles. The van der Waals surface area contributed by atoms with Crippen molar-refractivity contribution in [2.24, 2.45) is 0 Å². The molecule has 0 aliphatic carbocycles. The van der Waals surface area contributed by atoms with Crippen LogP contribution < -0.4 is 0 Å². The van der Waals surface area contributed by atoms with Gasteiger partial charge in [-0.15, -0.1) is 0 Å². The molecule has 14 heavy (non-hydrogen) atoms. The lowest BCUT2D eigenvalue weighted by Crippen LogP contribution is -1.83. The molecule has 1 aromatic rings. The second-order valence-electron chi connectivity index (χ2n) is 3.35. The van der Waals surface area contributed by atoms with Gasteiger partial charge in [-0.25, -0.2) is 0 Å². The Balaban J connectivity index is 2.89. The number of halogens is 2. The van der Waals surface area contributed by atoms with Crippen molar-refractivity contribution in [1.29, 1.82) is 0 Å². The number of aryl methyl sites for hydroxylation is 2. The van der Waals surface area contributed by atoms with E-state index in [2.05, 4.69) is 40.2 Å². The van der Waals surface area contributed by atoms with Crippen molar-refractivity contribution in [2.75, 3.05) is 5.33 Å². The molecule has 0 saturated heterocycles. The Morgan fingerprint density at radius 3 is 2.36 bits per heavy atom. The quantitative estimate of drug-likeness (QED) is 0.697. The Hall–Kier alpha value is -0.270. The summed E-state index contributed by atoms with van der Waals surface area (Å²) in [5.74, 6) is 0. The standard InChI is InChI=1S/C12H14BrCl/c1-9-7-11(5-3-4-6-13)8-10(2)12(9)14/h3,5,7-8H,4,6H2,1-2H3. The molecule has 1 aromatic carbocycles. The monoisotopic (exact) mass is 272 g/mol. The Bertz CT molecular complexity index is 319. The van der Waals surface area contributed by atoms with Gasteiger partial charge in [-0.2, -0.15) is 0 Å². The van der Waals surface area contributed by atoms with Gasteiger partial charge in [-0.3, -0.25) is 0 Å². The second-order valence-corrected chi connectivity index (χ2v) is 4.52. The van der Waals surface area contributed by atoms with Crippen LogP contribution in [0.25, 0.3) is 6.08 Å². The zero-order valence-electron chi connectivity index (χ0n) is 8.48. The highest BCUT2D eigenvalue weighted by molar-refractivity contribution is 9.09. The SMILES string of the molecule is Cc1cc(C=CCCBr)cc(C)c1Cl. The molecule has 0 atom stereocenters. The summed E-state index contributed by atoms with van der Waals surface area (Å²) in [7, 11) is 0. The topological polar surface area (TPSA) is 0 Å². The van der Waals surface area contributed by atoms with Gasteiger partial charge in [0.2, 0.25) is 0 Å². The molecule has 0 aliphatic heterocycles. The number of alkyl halides is 1. The van der Waals surface area contributed by atoms with Gasteiger partial charge in [0.25, 0.3) is 0 Å². The van der Waals surface area contributed by atoms with Crippen molar-refractivity contribution in [3.63, 3.8) is 0 Å². The van der Waals surface area contributed by atoms with Gasteiger partial charge in [0.05, 0.1) is 0 Å². The van der Waals surface area contributed by atoms with Crippen molar-refractivity contribution in [3.05, 3.63) is 39.9 Å². The fraction of sp³-hybridized carbons (Fsp3) is 0.333. The fourth-order valence-corrected chi connectivity index (χ4v) is 1.73. The van der Waals surface area contributed by atoms with Crippen LogP contribution in [0.15, 0.2) is 18.2 Å². The van der Waals surface area contributed by atoms with Crippen LogP contribution in [0, 0.1) is 13.8 Å². The molecule has 0 aliphatic rings. The van der Waals surface area contributed by atoms with E-state index in [1.165, 1.54) is 5.56 Å². The molecule has 76 valence electrons. The third-order valence-electron chi connectivity index (χ3n) is 2.04. The highest BCUT2D eigenvalue weighted by Crippen LogP contribution is 2.22. The van der Waals surface area contributed by atoms with Crippen LogP contribution in [0.5, 0.6) is 0 Å². The van der Waals surface area contributed by atoms with Crippen molar-refractivity contribution < 1.29 is 0 Å². The molecule has 0 radical (unpaired) electrons. The Morgan fingerprint density at radius 2 is 1.86 bits per heavy atom. The first-order valence-corrected chi connectivity index (χ1v) is 6.14. The number of hydrogen-bond donors (Lipinski definition) is 0. The summed E-state index contributed by atoms with van der Waals surface area (Å²) in [6.45, 7) is 4.08. The third-order valence-corrected chi connectivity index (χ3v) is 3.10. The first kappa shape index (κ1) is 11.8. The predicted molar refractivity (Wildman–Crippen MR) is 68.4 cm³/mol. The first-order chi connectivity index (χ1) is 6.65. The van der Waals surface area contributed by atoms with Crippen LogP contribution >= 0.6 is 27.5 Å². The molecule has 0 N–H and O–H groups in total. The molecule has 2 heteroatoms. The van der Waals surface area contributed by atoms with E-state index in [4.69, 9.17) is 11.6 Å². The van der Waals surface area contributed by atoms with Gasteiger partial charge >= 0.3 is 0 Å². The smallest absolute Gasteiger partial charge is 0.0464 e. The molecule has 1 rings (SSSR count). The van der Waals surface area contributed by atoms with E-state index in [0.29, 0.717) is 0 Å². The van der Waals surface area contributed by atoms with E-state index in [9.17, 15) is 0 Å². The zero-order chi connectivity index (χ0) is 10.6. The van der Waals surface area contributed by atoms with Gasteiger partial charge < -0.3 is 0 Å². The highest BCUT2D eigenvalue weighted by Gasteiger charge is 1.99. The number of benzene rings is 1. The average Bonchev–Trinajstić information content (AvgIpc) is 2.14. The number of allylic oxidation sites excluding steroid dienone is 1. The third kappa shape index (κ3) is 3.14. The van der Waals surface area contributed by atoms with Crippen molar-refractivity contribution in [3.8, 4) is 0 Å². The summed E-state index contributed by atoms with van der Waals surface area (Å²) in [5.41, 5.74) is 3.51. The lowest BCUT2D eigenvalue weighted by atomic mass is 10.1. The second kappa shape index (κ2) is 5.57. The lowest BCUT2D eigenvalue weighted by Gasteiger charge is -2.04. The minimum absolute atomic E-state index is 0.877. The van der Waals surface area contributed by atoms with Gasteiger partial charge in [0.15, 0.2) is 0 Å². The summed E-state index contributed by atoms with van der Waals surface area (Å²) in [6, 6.07) is 4.22. The van der Waals surface area contributed by atoms with Crippen LogP contribution in [0.4, 0.5) is 0 Å². The van der Waals surface area contributed by atoms with Gasteiger partial charge in [0, 0.05) is 10.4 Å². The molecule has 0 bridgehead atoms. The molecule has 0 heterocycles. The van der Waals surface area contributed by atoms with E-state index in [1.54, 1.807) is 0 Å². The minimum atomic E-state index is 0.877. The van der Waals surface area contributed by atoms with E-state index in [-0.39, 0.29) is 0 Å². The Labute approximate surface area is 99.1 Å². The molecule has 0 saturated carbocycles. The minimum Gasteiger partial charge on any atom is -0.0925 e. The maximum Gasteiger partial charge on any atom is 0.0464 e. The van der Waals surface area contributed by atoms with Crippen LogP contribution in [0.3, 0.4) is 0 Å². The van der Waals surface area contributed by atoms with E-state index >= 15 is 0 Å². The fourth-order valence-electron chi connectivity index (χ4n) is 1.36. The van der Waals surface area contributed by atoms with Crippen molar-refractivity contribution >= 4 is 33.6 Å². The predicted octanol–water partition coefficient (Wildman–Crippen LogP) is 4.76. The van der Waals surface area contributed by atoms with Crippen LogP contribution in [0.1, 0.15) is 23.1 Å². The lowest BCUT2D eigenvalue weighted by molar-refractivity contribution is 1.27. The largest absolute Gasteiger partial charge is 0.0925 e. The normalized spacial score (nSPS) is 11.1. The average molecular weight is 274 g/mol. The van der Waals surface area contributed by atoms with Gasteiger partial charge in [0.1, 0.15) is 0 Å². The van der Waals surface area contributed by atoms with Crippen molar-refractivity contribution in [2.45, 2.75) is 20.3 Å². The van der Waals surface area contributed by atoms with Crippen LogP contribution in [0.2, 0.25) is 5.02 Å². The maximum atomic E-state index is 6.08. The van der Waals surface area contributed by atoms with E-state index in [0.717, 1.165) is 27.9 Å². The summed E-state index contributed by atoms with van der Waals surface area (Å²) in [6.07, 6.45) is 5.36. The molecule has 0 unspecified atom stereocenters. The van der Waals surface area contributed by atoms with Gasteiger partial charge in [-0.1, -0.05) is 51.8 Å². The molecular formula is C12H14BrCl. The Kier molecular flexibility index (Phi) is 4.70. The molecule has 0 fully saturated rings. The summed E-state index contributed by atoms with van der Waals surface area (Å²) >= 11 is 9.47. The summed E-state index contributed by atoms with van der Waals surface area (Å²) in [4.78, 5) is 0. The molecular weight excluding hydrogens is 259 g/mol. The van der Waals surface area contributed by atoms with Crippen LogP contribution in [-0.4, -0.2) is 5.33 Å². The maximum absolute atomic E-state index is 6.08. The summed E-state index contributed by atoms with van der Waals surface area (Å²) < 4.78 is 0. The molecule has 0 spiro atoms. The van der Waals surface area contributed by atoms with Crippen LogP contribution in [-0.2, 0) is 0 Å². The molecule has 0 amide bonds. The summed E-state index contributed by atoms with van der Waals surface area (Å²) in [5, 5.41) is 1.89. The number of hydrogen-bond acceptors (Lipinski definition) is 0. The Morgan fingerprint density at radius 1 is 1.29 bits per heavy atom. The van der Waals surface area contributed by atoms with Gasteiger partial charge in [-0.05, 0) is 37.0 Å². The highest BCUT2D eigenvalue weighted by atomic mass is 79.9. The first-order valence-electron chi connectivity index (χ1n) is 4.64. The van der Waals surface area contributed by atoms with E-state index < -0.39 is 0 Å². The van der Waals surface area contributed by atoms with Crippen molar-refractivity contribution in [1.82, 2.24) is 0 Å². The number of rotatable bonds is 3. The zero-order valence-corrected chi connectivity index (χ0v) is 10.8. The van der Waals surface area contributed by atoms with E-state index in [1.807, 2.05) is 13.8 Å².